The van der Waals surface area contributed by atoms with E-state index in [0.717, 1.165) is 5.56 Å². The first-order chi connectivity index (χ1) is 13.0. The number of imide groups is 1. The molecule has 0 saturated carbocycles. The van der Waals surface area contributed by atoms with Crippen LogP contribution in [-0.4, -0.2) is 17.5 Å². The van der Waals surface area contributed by atoms with Gasteiger partial charge in [-0.3, -0.25) is 9.59 Å². The van der Waals surface area contributed by atoms with Crippen LogP contribution in [0.2, 0.25) is 0 Å². The zero-order chi connectivity index (χ0) is 18.8. The number of para-hydroxylation sites is 1. The maximum Gasteiger partial charge on any atom is 0.242 e. The fourth-order valence-electron chi connectivity index (χ4n) is 4.65. The van der Waals surface area contributed by atoms with Crippen molar-refractivity contribution in [2.24, 2.45) is 11.3 Å². The molecular weight excluding hydrogens is 353 g/mol. The predicted octanol–water partition coefficient (Wildman–Crippen LogP) is 5.00. The summed E-state index contributed by atoms with van der Waals surface area (Å²) in [7, 11) is -0.851. The highest BCUT2D eigenvalue weighted by Gasteiger charge is 2.63. The van der Waals surface area contributed by atoms with Crippen LogP contribution in [0.25, 0.3) is 5.31 Å². The third-order valence-corrected chi connectivity index (χ3v) is 8.93. The summed E-state index contributed by atoms with van der Waals surface area (Å²) in [6.07, 6.45) is 2.27. The normalized spacial score (nSPS) is 31.6. The molecule has 2 aromatic carbocycles. The molecule has 0 N–H and O–H groups in total. The van der Waals surface area contributed by atoms with Gasteiger partial charge in [-0.1, -0.05) is 72.9 Å². The molecule has 4 aliphatic heterocycles. The molecule has 2 amide bonds. The second-order valence-corrected chi connectivity index (χ2v) is 9.78. The summed E-state index contributed by atoms with van der Waals surface area (Å²) >= 11 is 0. The van der Waals surface area contributed by atoms with Gasteiger partial charge < -0.3 is 0 Å². The molecule has 0 aliphatic carbocycles. The maximum absolute atomic E-state index is 13.4. The quantitative estimate of drug-likeness (QED) is 0.548. The van der Waals surface area contributed by atoms with Crippen LogP contribution < -0.4 is 4.90 Å². The summed E-state index contributed by atoms with van der Waals surface area (Å²) in [5, 5.41) is 1.23. The Bertz CT molecular complexity index is 1010. The van der Waals surface area contributed by atoms with Gasteiger partial charge in [-0.2, -0.15) is 0 Å². The number of anilines is 1. The Morgan fingerprint density at radius 2 is 1.56 bits per heavy atom. The Labute approximate surface area is 160 Å². The highest BCUT2D eigenvalue weighted by molar-refractivity contribution is 7.73. The summed E-state index contributed by atoms with van der Waals surface area (Å²) in [4.78, 5) is 28.3. The van der Waals surface area contributed by atoms with Crippen LogP contribution in [0.15, 0.2) is 78.1 Å². The van der Waals surface area contributed by atoms with Gasteiger partial charge in [-0.15, -0.1) is 0 Å². The van der Waals surface area contributed by atoms with Gasteiger partial charge in [-0.05, 0) is 37.9 Å². The molecule has 27 heavy (non-hydrogen) atoms. The number of nitrogens with zero attached hydrogens (tertiary/aromatic N) is 1. The average molecular weight is 373 g/mol. The second kappa shape index (κ2) is 5.74. The summed E-state index contributed by atoms with van der Waals surface area (Å²) in [6, 6.07) is 19.6. The minimum Gasteiger partial charge on any atom is -0.274 e. The summed E-state index contributed by atoms with van der Waals surface area (Å²) in [5.74, 6) is 1.88. The molecule has 4 atom stereocenters. The summed E-state index contributed by atoms with van der Waals surface area (Å²) in [5.41, 5.74) is 2.38. The lowest BCUT2D eigenvalue weighted by Crippen LogP contribution is -2.43. The lowest BCUT2D eigenvalue weighted by molar-refractivity contribution is -0.123. The van der Waals surface area contributed by atoms with E-state index in [9.17, 15) is 9.59 Å². The first-order valence-corrected chi connectivity index (χ1v) is 10.7. The van der Waals surface area contributed by atoms with Crippen LogP contribution in [0.4, 0.5) is 5.69 Å². The molecule has 1 saturated heterocycles. The van der Waals surface area contributed by atoms with Crippen molar-refractivity contribution < 1.29 is 9.59 Å². The predicted molar refractivity (Wildman–Crippen MR) is 109 cm³/mol. The molecule has 4 heteroatoms. The van der Waals surface area contributed by atoms with Crippen LogP contribution in [0.3, 0.4) is 0 Å². The minimum atomic E-state index is -0.851. The van der Waals surface area contributed by atoms with Crippen LogP contribution in [0.5, 0.6) is 0 Å². The number of carbonyl (C=O) groups is 2. The summed E-state index contributed by atoms with van der Waals surface area (Å²) in [6.45, 7) is 4.22. The van der Waals surface area contributed by atoms with Crippen molar-refractivity contribution in [2.45, 2.75) is 19.5 Å². The van der Waals surface area contributed by atoms with Gasteiger partial charge in [0.2, 0.25) is 11.8 Å². The van der Waals surface area contributed by atoms with Gasteiger partial charge >= 0.3 is 0 Å². The Morgan fingerprint density at radius 1 is 0.926 bits per heavy atom. The van der Waals surface area contributed by atoms with Crippen molar-refractivity contribution in [3.05, 3.63) is 83.7 Å². The van der Waals surface area contributed by atoms with Crippen molar-refractivity contribution in [2.75, 3.05) is 4.90 Å². The van der Waals surface area contributed by atoms with Gasteiger partial charge in [0.25, 0.3) is 0 Å². The molecule has 0 spiro atoms. The number of benzene rings is 2. The van der Waals surface area contributed by atoms with Gasteiger partial charge in [-0.25, -0.2) is 4.90 Å². The van der Waals surface area contributed by atoms with Gasteiger partial charge in [0.1, 0.15) is 0 Å². The number of rotatable bonds is 2. The van der Waals surface area contributed by atoms with Crippen molar-refractivity contribution in [1.82, 2.24) is 0 Å². The van der Waals surface area contributed by atoms with Crippen molar-refractivity contribution in [3.63, 3.8) is 0 Å². The molecule has 0 aromatic heterocycles. The zero-order valence-corrected chi connectivity index (χ0v) is 16.2. The lowest BCUT2D eigenvalue weighted by atomic mass is 9.70. The topological polar surface area (TPSA) is 37.4 Å². The Balaban J connectivity index is 1.65. The average Bonchev–Trinajstić information content (AvgIpc) is 2.96. The van der Waals surface area contributed by atoms with Gasteiger partial charge in [0.15, 0.2) is 0 Å². The largest absolute Gasteiger partial charge is 0.274 e. The number of carbonyl (C=O) groups excluding carboxylic acids is 2. The number of hydrogen-bond donors (Lipinski definition) is 0. The molecule has 2 bridgehead atoms. The van der Waals surface area contributed by atoms with E-state index in [4.69, 9.17) is 0 Å². The highest BCUT2D eigenvalue weighted by atomic mass is 31.1. The Kier molecular flexibility index (Phi) is 3.54. The SMILES string of the molecule is CC1=CP2C(c3ccccc3)=CC1(C)C1C(=O)N(c3ccccc3)C(=O)C12. The minimum absolute atomic E-state index is 0.0428. The van der Waals surface area contributed by atoms with E-state index in [0.29, 0.717) is 5.69 Å². The van der Waals surface area contributed by atoms with Gasteiger partial charge in [0, 0.05) is 5.41 Å². The molecule has 4 heterocycles. The second-order valence-electron chi connectivity index (χ2n) is 7.67. The zero-order valence-electron chi connectivity index (χ0n) is 15.3. The molecule has 3 nitrogen and oxygen atoms in total. The molecule has 2 aromatic rings. The van der Waals surface area contributed by atoms with E-state index in [2.05, 4.69) is 37.9 Å². The van der Waals surface area contributed by atoms with Crippen molar-refractivity contribution in [3.8, 4) is 0 Å². The van der Waals surface area contributed by atoms with E-state index >= 15 is 0 Å². The molecule has 1 fully saturated rings. The lowest BCUT2D eigenvalue weighted by Gasteiger charge is -2.48. The van der Waals surface area contributed by atoms with E-state index in [1.54, 1.807) is 0 Å². The summed E-state index contributed by atoms with van der Waals surface area (Å²) < 4.78 is 0. The molecule has 4 aliphatic rings. The van der Waals surface area contributed by atoms with Gasteiger partial charge in [0.05, 0.1) is 17.3 Å². The van der Waals surface area contributed by atoms with E-state index in [1.807, 2.05) is 48.5 Å². The first-order valence-electron chi connectivity index (χ1n) is 9.21. The number of hydrogen-bond acceptors (Lipinski definition) is 2. The molecule has 6 rings (SSSR count). The van der Waals surface area contributed by atoms with Crippen LogP contribution in [0.1, 0.15) is 19.4 Å². The highest BCUT2D eigenvalue weighted by Crippen LogP contribution is 2.72. The number of allylic oxidation sites excluding steroid dienone is 2. The van der Waals surface area contributed by atoms with Crippen LogP contribution in [-0.2, 0) is 9.59 Å². The fraction of sp³-hybridized carbons (Fsp3) is 0.217. The molecular formula is C23H20NO2P. The van der Waals surface area contributed by atoms with Crippen molar-refractivity contribution >= 4 is 30.7 Å². The molecule has 4 unspecified atom stereocenters. The molecule has 0 radical (unpaired) electrons. The third kappa shape index (κ3) is 2.18. The van der Waals surface area contributed by atoms with E-state index in [1.165, 1.54) is 15.8 Å². The fourth-order valence-corrected chi connectivity index (χ4v) is 7.92. The molecule has 134 valence electrons. The van der Waals surface area contributed by atoms with Crippen LogP contribution >= 0.6 is 7.92 Å². The Morgan fingerprint density at radius 3 is 2.22 bits per heavy atom. The van der Waals surface area contributed by atoms with Crippen molar-refractivity contribution in [1.29, 1.82) is 0 Å². The standard InChI is InChI=1S/C23H20NO2P/c1-15-14-27-18(16-9-5-3-6-10-16)13-23(15,2)19-20(27)22(26)24(21(19)25)17-11-7-4-8-12-17/h3-14,19-20H,1-2H3. The van der Waals surface area contributed by atoms with E-state index < -0.39 is 13.3 Å². The first kappa shape index (κ1) is 16.6. The number of amides is 2. The van der Waals surface area contributed by atoms with E-state index in [-0.39, 0.29) is 23.4 Å². The van der Waals surface area contributed by atoms with Crippen LogP contribution in [0, 0.1) is 11.3 Å². The smallest absolute Gasteiger partial charge is 0.242 e. The Hall–Kier alpha value is -2.51. The monoisotopic (exact) mass is 373 g/mol. The third-order valence-electron chi connectivity index (χ3n) is 6.20. The maximum atomic E-state index is 13.4.